The average molecular weight is 262 g/mol. The zero-order valence-electron chi connectivity index (χ0n) is 12.5. The third-order valence-electron chi connectivity index (χ3n) is 2.90. The van der Waals surface area contributed by atoms with Gasteiger partial charge in [-0.1, -0.05) is 20.8 Å². The highest BCUT2D eigenvalue weighted by Gasteiger charge is 2.25. The predicted octanol–water partition coefficient (Wildman–Crippen LogP) is 4.00. The van der Waals surface area contributed by atoms with Crippen molar-refractivity contribution in [2.45, 2.75) is 53.1 Å². The van der Waals surface area contributed by atoms with Crippen molar-refractivity contribution in [2.75, 3.05) is 0 Å². The summed E-state index contributed by atoms with van der Waals surface area (Å²) in [5.74, 6) is -0.266. The first-order valence-corrected chi connectivity index (χ1v) is 6.56. The third-order valence-corrected chi connectivity index (χ3v) is 2.90. The van der Waals surface area contributed by atoms with Gasteiger partial charge in [-0.05, 0) is 43.9 Å². The van der Waals surface area contributed by atoms with Crippen molar-refractivity contribution >= 4 is 0 Å². The van der Waals surface area contributed by atoms with E-state index in [0.29, 0.717) is 17.7 Å². The minimum absolute atomic E-state index is 0.0761. The van der Waals surface area contributed by atoms with Crippen LogP contribution in [0.5, 0.6) is 0 Å². The van der Waals surface area contributed by atoms with E-state index in [9.17, 15) is 4.39 Å². The summed E-state index contributed by atoms with van der Waals surface area (Å²) in [6.07, 6.45) is 0.986. The van der Waals surface area contributed by atoms with Crippen LogP contribution < -0.4 is 5.32 Å². The van der Waals surface area contributed by atoms with Crippen LogP contribution in [0.2, 0.25) is 0 Å². The largest absolute Gasteiger partial charge is 0.308 e. The fourth-order valence-corrected chi connectivity index (χ4v) is 2.50. The summed E-state index contributed by atoms with van der Waals surface area (Å²) in [7, 11) is 0. The van der Waals surface area contributed by atoms with Gasteiger partial charge in [0.05, 0.1) is 11.6 Å². The minimum atomic E-state index is -0.266. The van der Waals surface area contributed by atoms with Gasteiger partial charge in [0.25, 0.3) is 0 Å². The van der Waals surface area contributed by atoms with E-state index < -0.39 is 0 Å². The van der Waals surface area contributed by atoms with Crippen LogP contribution in [0.4, 0.5) is 4.39 Å². The monoisotopic (exact) mass is 262 g/mol. The number of nitrogens with zero attached hydrogens (tertiary/aromatic N) is 1. The van der Waals surface area contributed by atoms with Crippen LogP contribution in [0.1, 0.15) is 52.2 Å². The molecule has 1 aromatic carbocycles. The van der Waals surface area contributed by atoms with Crippen LogP contribution in [-0.4, -0.2) is 5.54 Å². The molecular weight excluding hydrogens is 239 g/mol. The molecule has 1 N–H and O–H groups in total. The molecule has 0 fully saturated rings. The molecule has 0 heterocycles. The number of hydrogen-bond acceptors (Lipinski definition) is 2. The fraction of sp³-hybridized carbons (Fsp3) is 0.562. The molecular formula is C16H23FN2. The van der Waals surface area contributed by atoms with E-state index in [1.54, 1.807) is 6.07 Å². The first-order valence-electron chi connectivity index (χ1n) is 6.56. The quantitative estimate of drug-likeness (QED) is 0.890. The molecule has 3 heteroatoms. The van der Waals surface area contributed by atoms with Crippen LogP contribution in [-0.2, 0) is 6.54 Å². The van der Waals surface area contributed by atoms with Gasteiger partial charge in [0.2, 0.25) is 0 Å². The van der Waals surface area contributed by atoms with E-state index in [-0.39, 0.29) is 16.8 Å². The Labute approximate surface area is 115 Å². The van der Waals surface area contributed by atoms with Gasteiger partial charge in [0, 0.05) is 17.6 Å². The summed E-state index contributed by atoms with van der Waals surface area (Å²) in [4.78, 5) is 0. The van der Waals surface area contributed by atoms with Crippen LogP contribution in [0.25, 0.3) is 0 Å². The molecule has 2 nitrogen and oxygen atoms in total. The van der Waals surface area contributed by atoms with Gasteiger partial charge in [-0.2, -0.15) is 5.26 Å². The zero-order chi connectivity index (χ0) is 14.7. The predicted molar refractivity (Wildman–Crippen MR) is 76.1 cm³/mol. The Kier molecular flexibility index (Phi) is 4.70. The summed E-state index contributed by atoms with van der Waals surface area (Å²) in [5.41, 5.74) is 1.17. The summed E-state index contributed by atoms with van der Waals surface area (Å²) in [5, 5.41) is 12.2. The Morgan fingerprint density at radius 2 is 1.84 bits per heavy atom. The second-order valence-electron chi connectivity index (χ2n) is 6.89. The average Bonchev–Trinajstić information content (AvgIpc) is 2.25. The van der Waals surface area contributed by atoms with Crippen molar-refractivity contribution in [2.24, 2.45) is 5.41 Å². The maximum absolute atomic E-state index is 13.7. The van der Waals surface area contributed by atoms with E-state index in [1.165, 1.54) is 12.1 Å². The number of rotatable bonds is 4. The Morgan fingerprint density at radius 1 is 1.21 bits per heavy atom. The molecule has 0 aromatic heterocycles. The van der Waals surface area contributed by atoms with Crippen molar-refractivity contribution in [3.05, 3.63) is 35.1 Å². The number of hydrogen-bond donors (Lipinski definition) is 1. The highest BCUT2D eigenvalue weighted by molar-refractivity contribution is 5.33. The van der Waals surface area contributed by atoms with Crippen LogP contribution in [0.3, 0.4) is 0 Å². The summed E-state index contributed by atoms with van der Waals surface area (Å²) >= 11 is 0. The van der Waals surface area contributed by atoms with Gasteiger partial charge in [0.15, 0.2) is 0 Å². The molecule has 0 saturated carbocycles. The molecule has 0 unspecified atom stereocenters. The number of benzene rings is 1. The van der Waals surface area contributed by atoms with E-state index in [0.717, 1.165) is 6.42 Å². The van der Waals surface area contributed by atoms with Gasteiger partial charge < -0.3 is 5.32 Å². The van der Waals surface area contributed by atoms with Gasteiger partial charge in [-0.25, -0.2) is 4.39 Å². The second kappa shape index (κ2) is 5.71. The lowest BCUT2D eigenvalue weighted by Gasteiger charge is -2.33. The summed E-state index contributed by atoms with van der Waals surface area (Å²) in [6, 6.07) is 6.49. The van der Waals surface area contributed by atoms with Gasteiger partial charge in [0.1, 0.15) is 5.82 Å². The van der Waals surface area contributed by atoms with Crippen LogP contribution in [0, 0.1) is 22.6 Å². The number of nitriles is 1. The lowest BCUT2D eigenvalue weighted by Crippen LogP contribution is -2.42. The molecule has 1 aromatic rings. The van der Waals surface area contributed by atoms with E-state index in [2.05, 4.69) is 39.9 Å². The van der Waals surface area contributed by atoms with E-state index in [4.69, 9.17) is 5.26 Å². The third kappa shape index (κ3) is 5.40. The lowest BCUT2D eigenvalue weighted by molar-refractivity contribution is 0.240. The lowest BCUT2D eigenvalue weighted by atomic mass is 9.81. The molecule has 0 amide bonds. The molecule has 0 aliphatic heterocycles. The topological polar surface area (TPSA) is 35.8 Å². The maximum atomic E-state index is 13.7. The first kappa shape index (κ1) is 15.7. The Morgan fingerprint density at radius 3 is 2.37 bits per heavy atom. The van der Waals surface area contributed by atoms with Crippen LogP contribution in [0.15, 0.2) is 18.2 Å². The normalized spacial score (nSPS) is 12.3. The fourth-order valence-electron chi connectivity index (χ4n) is 2.50. The van der Waals surface area contributed by atoms with Crippen molar-refractivity contribution < 1.29 is 4.39 Å². The van der Waals surface area contributed by atoms with Gasteiger partial charge >= 0.3 is 0 Å². The summed E-state index contributed by atoms with van der Waals surface area (Å²) < 4.78 is 13.7. The molecule has 0 spiro atoms. The van der Waals surface area contributed by atoms with Crippen LogP contribution >= 0.6 is 0 Å². The zero-order valence-corrected chi connectivity index (χ0v) is 12.5. The Hall–Kier alpha value is -1.40. The molecule has 104 valence electrons. The first-order chi connectivity index (χ1) is 8.63. The molecule has 0 radical (unpaired) electrons. The smallest absolute Gasteiger partial charge is 0.127 e. The molecule has 19 heavy (non-hydrogen) atoms. The molecule has 0 saturated heterocycles. The molecule has 0 bridgehead atoms. The van der Waals surface area contributed by atoms with Crippen molar-refractivity contribution in [3.8, 4) is 6.07 Å². The molecule has 1 rings (SSSR count). The standard InChI is InChI=1S/C16H23FN2/c1-15(2,3)11-16(4,5)19-10-13-8-12(9-18)6-7-14(13)17/h6-8,19H,10-11H2,1-5H3. The second-order valence-corrected chi connectivity index (χ2v) is 6.89. The summed E-state index contributed by atoms with van der Waals surface area (Å²) in [6.45, 7) is 11.2. The SMILES string of the molecule is CC(C)(C)CC(C)(C)NCc1cc(C#N)ccc1F. The minimum Gasteiger partial charge on any atom is -0.308 e. The highest BCUT2D eigenvalue weighted by atomic mass is 19.1. The molecule has 0 aliphatic carbocycles. The Bertz CT molecular complexity index is 479. The van der Waals surface area contributed by atoms with Gasteiger partial charge in [-0.15, -0.1) is 0 Å². The molecule has 0 atom stereocenters. The van der Waals surface area contributed by atoms with Crippen molar-refractivity contribution in [1.82, 2.24) is 5.32 Å². The van der Waals surface area contributed by atoms with E-state index >= 15 is 0 Å². The van der Waals surface area contributed by atoms with E-state index in [1.807, 2.05) is 6.07 Å². The number of nitrogens with one attached hydrogen (secondary N) is 1. The maximum Gasteiger partial charge on any atom is 0.127 e. The highest BCUT2D eigenvalue weighted by Crippen LogP contribution is 2.27. The van der Waals surface area contributed by atoms with Crippen molar-refractivity contribution in [3.63, 3.8) is 0 Å². The Balaban J connectivity index is 2.74. The van der Waals surface area contributed by atoms with Crippen molar-refractivity contribution in [1.29, 1.82) is 5.26 Å². The molecule has 0 aliphatic rings. The van der Waals surface area contributed by atoms with Gasteiger partial charge in [-0.3, -0.25) is 0 Å². The number of halogens is 1.